The molecule has 0 aliphatic rings. The lowest BCUT2D eigenvalue weighted by Gasteiger charge is -2.26. The average Bonchev–Trinajstić information content (AvgIpc) is 3.68. The van der Waals surface area contributed by atoms with Gasteiger partial charge in [0.1, 0.15) is 11.2 Å². The van der Waals surface area contributed by atoms with Crippen LogP contribution in [0.15, 0.2) is 173 Å². The Hall–Kier alpha value is -6.06. The quantitative estimate of drug-likeness (QED) is 0.204. The molecule has 0 saturated carbocycles. The van der Waals surface area contributed by atoms with Crippen LogP contribution in [0.5, 0.6) is 0 Å². The minimum Gasteiger partial charge on any atom is -0.452 e. The van der Waals surface area contributed by atoms with Gasteiger partial charge in [0.05, 0.1) is 0 Å². The van der Waals surface area contributed by atoms with Gasteiger partial charge < -0.3 is 13.7 Å². The Bertz CT molecular complexity index is 2450. The van der Waals surface area contributed by atoms with Gasteiger partial charge in [-0.2, -0.15) is 0 Å². The summed E-state index contributed by atoms with van der Waals surface area (Å²) >= 11 is 0. The fraction of sp³-hybridized carbons (Fsp3) is 0. The van der Waals surface area contributed by atoms with Gasteiger partial charge in [-0.25, -0.2) is 0 Å². The Morgan fingerprint density at radius 3 is 1.44 bits per heavy atom. The predicted molar refractivity (Wildman–Crippen MR) is 187 cm³/mol. The lowest BCUT2D eigenvalue weighted by Crippen LogP contribution is -2.09. The second-order valence-corrected chi connectivity index (χ2v) is 11.4. The number of benzene rings is 7. The molecule has 0 aliphatic heterocycles. The molecule has 45 heavy (non-hydrogen) atoms. The van der Waals surface area contributed by atoms with Crippen LogP contribution >= 0.6 is 0 Å². The summed E-state index contributed by atoms with van der Waals surface area (Å²) in [6, 6.07) is 57.4. The Morgan fingerprint density at radius 1 is 0.311 bits per heavy atom. The van der Waals surface area contributed by atoms with Gasteiger partial charge in [0, 0.05) is 38.6 Å². The Kier molecular flexibility index (Phi) is 5.82. The van der Waals surface area contributed by atoms with Gasteiger partial charge in [-0.3, -0.25) is 0 Å². The smallest absolute Gasteiger partial charge is 0.178 e. The molecule has 2 heterocycles. The van der Waals surface area contributed by atoms with Gasteiger partial charge >= 0.3 is 0 Å². The Morgan fingerprint density at radius 2 is 0.778 bits per heavy atom. The van der Waals surface area contributed by atoms with Crippen molar-refractivity contribution in [2.75, 3.05) is 4.90 Å². The fourth-order valence-electron chi connectivity index (χ4n) is 6.46. The molecule has 0 saturated heterocycles. The third-order valence-electron chi connectivity index (χ3n) is 8.69. The molecule has 212 valence electrons. The molecular weight excluding hydrogens is 550 g/mol. The standard InChI is InChI=1S/C42H27NO2/c1-3-9-28(10-4-1)29-15-20-33(21-16-29)43(32-11-5-2-6-12-32)34-22-17-30(18-23-34)31-19-26-40-38(27-31)37-25-24-36-35-13-7-8-14-39(35)44-41(36)42(37)45-40/h1-27H. The number of hydrogen-bond donors (Lipinski definition) is 0. The number of nitrogens with zero attached hydrogens (tertiary/aromatic N) is 1. The molecule has 0 amide bonds. The van der Waals surface area contributed by atoms with Crippen LogP contribution in [0.2, 0.25) is 0 Å². The summed E-state index contributed by atoms with van der Waals surface area (Å²) < 4.78 is 12.6. The van der Waals surface area contributed by atoms with Crippen molar-refractivity contribution in [1.82, 2.24) is 0 Å². The van der Waals surface area contributed by atoms with Crippen molar-refractivity contribution < 1.29 is 8.83 Å². The maximum absolute atomic E-state index is 6.37. The molecule has 0 N–H and O–H groups in total. The highest BCUT2D eigenvalue weighted by molar-refractivity contribution is 6.19. The van der Waals surface area contributed by atoms with Crippen LogP contribution < -0.4 is 4.90 Å². The van der Waals surface area contributed by atoms with E-state index in [9.17, 15) is 0 Å². The maximum atomic E-state index is 6.37. The monoisotopic (exact) mass is 577 g/mol. The van der Waals surface area contributed by atoms with Gasteiger partial charge in [-0.05, 0) is 89.0 Å². The molecular formula is C42H27NO2. The zero-order valence-electron chi connectivity index (χ0n) is 24.4. The number of furan rings is 2. The molecule has 7 aromatic carbocycles. The van der Waals surface area contributed by atoms with E-state index in [-0.39, 0.29) is 0 Å². The summed E-state index contributed by atoms with van der Waals surface area (Å²) in [6.07, 6.45) is 0. The number of rotatable bonds is 5. The van der Waals surface area contributed by atoms with Crippen LogP contribution in [-0.2, 0) is 0 Å². The first-order valence-corrected chi connectivity index (χ1v) is 15.2. The van der Waals surface area contributed by atoms with E-state index in [0.29, 0.717) is 0 Å². The normalized spacial score (nSPS) is 11.6. The summed E-state index contributed by atoms with van der Waals surface area (Å²) in [5.41, 5.74) is 11.3. The molecule has 0 atom stereocenters. The zero-order valence-corrected chi connectivity index (χ0v) is 24.4. The van der Waals surface area contributed by atoms with Crippen LogP contribution in [-0.4, -0.2) is 0 Å². The number of anilines is 3. The van der Waals surface area contributed by atoms with E-state index in [4.69, 9.17) is 8.83 Å². The molecule has 9 rings (SSSR count). The molecule has 3 heteroatoms. The maximum Gasteiger partial charge on any atom is 0.178 e. The van der Waals surface area contributed by atoms with Crippen LogP contribution in [0, 0.1) is 0 Å². The highest BCUT2D eigenvalue weighted by Crippen LogP contribution is 2.41. The topological polar surface area (TPSA) is 29.5 Å². The van der Waals surface area contributed by atoms with Crippen molar-refractivity contribution in [2.24, 2.45) is 0 Å². The Balaban J connectivity index is 1.09. The van der Waals surface area contributed by atoms with E-state index in [0.717, 1.165) is 72.1 Å². The molecule has 2 aromatic heterocycles. The van der Waals surface area contributed by atoms with Crippen LogP contribution in [0.4, 0.5) is 17.1 Å². The molecule has 0 unspecified atom stereocenters. The van der Waals surface area contributed by atoms with E-state index in [1.165, 1.54) is 11.1 Å². The molecule has 0 bridgehead atoms. The molecule has 0 radical (unpaired) electrons. The third kappa shape index (κ3) is 4.29. The summed E-state index contributed by atoms with van der Waals surface area (Å²) in [7, 11) is 0. The van der Waals surface area contributed by atoms with Crippen LogP contribution in [0.25, 0.3) is 66.1 Å². The first kappa shape index (κ1) is 25.4. The van der Waals surface area contributed by atoms with Gasteiger partial charge in [-0.15, -0.1) is 0 Å². The second-order valence-electron chi connectivity index (χ2n) is 11.4. The number of hydrogen-bond acceptors (Lipinski definition) is 3. The van der Waals surface area contributed by atoms with Gasteiger partial charge in [0.25, 0.3) is 0 Å². The van der Waals surface area contributed by atoms with Crippen molar-refractivity contribution in [3.63, 3.8) is 0 Å². The van der Waals surface area contributed by atoms with Crippen LogP contribution in [0.1, 0.15) is 0 Å². The second kappa shape index (κ2) is 10.3. The van der Waals surface area contributed by atoms with Gasteiger partial charge in [0.2, 0.25) is 0 Å². The first-order valence-electron chi connectivity index (χ1n) is 15.2. The van der Waals surface area contributed by atoms with E-state index in [2.05, 4.69) is 144 Å². The predicted octanol–water partition coefficient (Wildman–Crippen LogP) is 12.3. The van der Waals surface area contributed by atoms with Gasteiger partial charge in [-0.1, -0.05) is 97.1 Å². The SMILES string of the molecule is c1ccc(-c2ccc(N(c3ccccc3)c3ccc(-c4ccc5oc6c(ccc7c8ccccc8oc76)c5c4)cc3)cc2)cc1. The Labute approximate surface area is 260 Å². The zero-order chi connectivity index (χ0) is 29.7. The third-order valence-corrected chi connectivity index (χ3v) is 8.69. The van der Waals surface area contributed by atoms with Crippen LogP contribution in [0.3, 0.4) is 0 Å². The highest BCUT2D eigenvalue weighted by Gasteiger charge is 2.17. The number of para-hydroxylation sites is 2. The van der Waals surface area contributed by atoms with Crippen molar-refractivity contribution >= 4 is 60.9 Å². The van der Waals surface area contributed by atoms with E-state index >= 15 is 0 Å². The molecule has 0 aliphatic carbocycles. The summed E-state index contributed by atoms with van der Waals surface area (Å²) in [4.78, 5) is 2.30. The van der Waals surface area contributed by atoms with E-state index in [1.807, 2.05) is 24.3 Å². The largest absolute Gasteiger partial charge is 0.452 e. The van der Waals surface area contributed by atoms with Crippen molar-refractivity contribution in [3.05, 3.63) is 164 Å². The van der Waals surface area contributed by atoms with Gasteiger partial charge in [0.15, 0.2) is 11.2 Å². The fourth-order valence-corrected chi connectivity index (χ4v) is 6.46. The first-order chi connectivity index (χ1) is 22.3. The lowest BCUT2D eigenvalue weighted by atomic mass is 10.0. The lowest BCUT2D eigenvalue weighted by molar-refractivity contribution is 0.633. The summed E-state index contributed by atoms with van der Waals surface area (Å²) in [5.74, 6) is 0. The molecule has 9 aromatic rings. The average molecular weight is 578 g/mol. The molecule has 0 fully saturated rings. The summed E-state index contributed by atoms with van der Waals surface area (Å²) in [5, 5.41) is 4.32. The molecule has 3 nitrogen and oxygen atoms in total. The number of fused-ring (bicyclic) bond motifs is 7. The minimum atomic E-state index is 0.794. The van der Waals surface area contributed by atoms with Crippen molar-refractivity contribution in [3.8, 4) is 22.3 Å². The minimum absolute atomic E-state index is 0.794. The van der Waals surface area contributed by atoms with Crippen molar-refractivity contribution in [2.45, 2.75) is 0 Å². The van der Waals surface area contributed by atoms with E-state index in [1.54, 1.807) is 0 Å². The molecule has 0 spiro atoms. The summed E-state index contributed by atoms with van der Waals surface area (Å²) in [6.45, 7) is 0. The highest BCUT2D eigenvalue weighted by atomic mass is 16.4. The van der Waals surface area contributed by atoms with E-state index < -0.39 is 0 Å². The van der Waals surface area contributed by atoms with Crippen molar-refractivity contribution in [1.29, 1.82) is 0 Å².